The normalized spacial score (nSPS) is 10.2. The Kier molecular flexibility index (Phi) is 3.39. The minimum Gasteiger partial charge on any atom is -0.488 e. The van der Waals surface area contributed by atoms with E-state index in [0.29, 0.717) is 6.61 Å². The third kappa shape index (κ3) is 2.37. The van der Waals surface area contributed by atoms with E-state index in [1.807, 2.05) is 60.7 Å². The highest BCUT2D eigenvalue weighted by Gasteiger charge is 2.06. The summed E-state index contributed by atoms with van der Waals surface area (Å²) >= 11 is 0. The summed E-state index contributed by atoms with van der Waals surface area (Å²) in [6.45, 7) is 0.522. The molecule has 0 aromatic heterocycles. The first-order valence-corrected chi connectivity index (χ1v) is 6.53. The lowest BCUT2D eigenvalue weighted by Crippen LogP contribution is -1.97. The second-order valence-electron chi connectivity index (χ2n) is 4.58. The van der Waals surface area contributed by atoms with Crippen molar-refractivity contribution in [1.82, 2.24) is 0 Å². The summed E-state index contributed by atoms with van der Waals surface area (Å²) in [5.74, 6) is 3.51. The number of benzene rings is 3. The van der Waals surface area contributed by atoms with Gasteiger partial charge in [-0.2, -0.15) is 0 Å². The number of hydrogen-bond acceptors (Lipinski definition) is 1. The van der Waals surface area contributed by atoms with Gasteiger partial charge in [0.2, 0.25) is 0 Å². The highest BCUT2D eigenvalue weighted by atomic mass is 16.5. The molecule has 0 heterocycles. The molecule has 0 aliphatic rings. The van der Waals surface area contributed by atoms with Gasteiger partial charge < -0.3 is 4.74 Å². The fraction of sp³-hybridized carbons (Fsp3) is 0.0526. The van der Waals surface area contributed by atoms with Crippen molar-refractivity contribution < 1.29 is 4.74 Å². The molecular formula is C19H14O. The number of rotatable bonds is 3. The Morgan fingerprint density at radius 2 is 1.60 bits per heavy atom. The average molecular weight is 258 g/mol. The minimum atomic E-state index is 0.522. The lowest BCUT2D eigenvalue weighted by Gasteiger charge is -2.10. The molecule has 0 atom stereocenters. The maximum Gasteiger partial charge on any atom is 0.136 e. The molecule has 20 heavy (non-hydrogen) atoms. The molecule has 1 nitrogen and oxygen atoms in total. The minimum absolute atomic E-state index is 0.522. The van der Waals surface area contributed by atoms with Gasteiger partial charge in [0.1, 0.15) is 12.4 Å². The summed E-state index contributed by atoms with van der Waals surface area (Å²) in [5.41, 5.74) is 1.95. The topological polar surface area (TPSA) is 9.23 Å². The summed E-state index contributed by atoms with van der Waals surface area (Å²) in [7, 11) is 0. The molecule has 0 fully saturated rings. The summed E-state index contributed by atoms with van der Waals surface area (Å²) in [6.07, 6.45) is 5.66. The number of terminal acetylenes is 1. The maximum absolute atomic E-state index is 5.88. The average Bonchev–Trinajstić information content (AvgIpc) is 2.53. The molecule has 0 aliphatic heterocycles. The number of hydrogen-bond donors (Lipinski definition) is 0. The smallest absolute Gasteiger partial charge is 0.136 e. The molecule has 0 unspecified atom stereocenters. The summed E-state index contributed by atoms with van der Waals surface area (Å²) in [6, 6.07) is 22.1. The standard InChI is InChI=1S/C19H14O/c1-2-17-18-11-7-6-10-16(18)12-13-19(17)20-14-15-8-4-3-5-9-15/h1,3-13H,14H2. The fourth-order valence-electron chi connectivity index (χ4n) is 2.26. The number of ether oxygens (including phenoxy) is 1. The third-order valence-electron chi connectivity index (χ3n) is 3.27. The first-order chi connectivity index (χ1) is 9.88. The van der Waals surface area contributed by atoms with Crippen LogP contribution < -0.4 is 4.74 Å². The van der Waals surface area contributed by atoms with E-state index in [0.717, 1.165) is 27.6 Å². The molecular weight excluding hydrogens is 244 g/mol. The molecule has 0 bridgehead atoms. The largest absolute Gasteiger partial charge is 0.488 e. The highest BCUT2D eigenvalue weighted by molar-refractivity contribution is 5.90. The van der Waals surface area contributed by atoms with Crippen molar-refractivity contribution in [2.75, 3.05) is 0 Å². The van der Waals surface area contributed by atoms with Crippen LogP contribution >= 0.6 is 0 Å². The van der Waals surface area contributed by atoms with E-state index in [4.69, 9.17) is 11.2 Å². The van der Waals surface area contributed by atoms with Crippen molar-refractivity contribution in [2.24, 2.45) is 0 Å². The van der Waals surface area contributed by atoms with Crippen LogP contribution in [0.25, 0.3) is 10.8 Å². The van der Waals surface area contributed by atoms with Gasteiger partial charge in [-0.1, -0.05) is 66.6 Å². The van der Waals surface area contributed by atoms with E-state index >= 15 is 0 Å². The molecule has 0 saturated heterocycles. The molecule has 0 saturated carbocycles. The third-order valence-corrected chi connectivity index (χ3v) is 3.27. The van der Waals surface area contributed by atoms with Crippen LogP contribution in [0.2, 0.25) is 0 Å². The Hall–Kier alpha value is -2.72. The van der Waals surface area contributed by atoms with Crippen LogP contribution in [0.4, 0.5) is 0 Å². The Balaban J connectivity index is 1.94. The van der Waals surface area contributed by atoms with Crippen LogP contribution in [0.15, 0.2) is 66.7 Å². The zero-order valence-corrected chi connectivity index (χ0v) is 11.0. The molecule has 0 spiro atoms. The van der Waals surface area contributed by atoms with Crippen LogP contribution in [0, 0.1) is 12.3 Å². The quantitative estimate of drug-likeness (QED) is 0.633. The Bertz CT molecular complexity index is 767. The molecule has 3 aromatic rings. The van der Waals surface area contributed by atoms with Crippen molar-refractivity contribution in [3.63, 3.8) is 0 Å². The molecule has 0 amide bonds. The zero-order chi connectivity index (χ0) is 13.8. The Morgan fingerprint density at radius 1 is 0.850 bits per heavy atom. The van der Waals surface area contributed by atoms with Crippen molar-refractivity contribution in [2.45, 2.75) is 6.61 Å². The van der Waals surface area contributed by atoms with Gasteiger partial charge in [0, 0.05) is 5.39 Å². The second-order valence-corrected chi connectivity index (χ2v) is 4.58. The van der Waals surface area contributed by atoms with E-state index in [9.17, 15) is 0 Å². The molecule has 0 N–H and O–H groups in total. The van der Waals surface area contributed by atoms with E-state index in [2.05, 4.69) is 12.0 Å². The Labute approximate surface area is 118 Å². The lowest BCUT2D eigenvalue weighted by molar-refractivity contribution is 0.306. The monoisotopic (exact) mass is 258 g/mol. The van der Waals surface area contributed by atoms with Crippen LogP contribution in [0.5, 0.6) is 5.75 Å². The highest BCUT2D eigenvalue weighted by Crippen LogP contribution is 2.27. The lowest BCUT2D eigenvalue weighted by atomic mass is 10.0. The molecule has 0 radical (unpaired) electrons. The van der Waals surface area contributed by atoms with Gasteiger partial charge in [-0.25, -0.2) is 0 Å². The van der Waals surface area contributed by atoms with Gasteiger partial charge in [-0.3, -0.25) is 0 Å². The Morgan fingerprint density at radius 3 is 2.40 bits per heavy atom. The summed E-state index contributed by atoms with van der Waals surface area (Å²) < 4.78 is 5.88. The van der Waals surface area contributed by atoms with Crippen molar-refractivity contribution in [1.29, 1.82) is 0 Å². The van der Waals surface area contributed by atoms with Gasteiger partial charge >= 0.3 is 0 Å². The van der Waals surface area contributed by atoms with Gasteiger partial charge in [0.05, 0.1) is 5.56 Å². The van der Waals surface area contributed by atoms with Gasteiger partial charge in [0.25, 0.3) is 0 Å². The molecule has 0 aliphatic carbocycles. The van der Waals surface area contributed by atoms with Crippen LogP contribution in [-0.4, -0.2) is 0 Å². The van der Waals surface area contributed by atoms with Crippen LogP contribution in [0.1, 0.15) is 11.1 Å². The molecule has 3 aromatic carbocycles. The van der Waals surface area contributed by atoms with Gasteiger partial charge in [-0.15, -0.1) is 6.42 Å². The van der Waals surface area contributed by atoms with E-state index < -0.39 is 0 Å². The van der Waals surface area contributed by atoms with Crippen molar-refractivity contribution in [3.8, 4) is 18.1 Å². The zero-order valence-electron chi connectivity index (χ0n) is 11.0. The number of fused-ring (bicyclic) bond motifs is 1. The summed E-state index contributed by atoms with van der Waals surface area (Å²) in [5, 5.41) is 2.19. The molecule has 3 rings (SSSR count). The van der Waals surface area contributed by atoms with Crippen molar-refractivity contribution >= 4 is 10.8 Å². The van der Waals surface area contributed by atoms with E-state index in [1.54, 1.807) is 0 Å². The van der Waals surface area contributed by atoms with E-state index in [-0.39, 0.29) is 0 Å². The predicted molar refractivity (Wildman–Crippen MR) is 82.7 cm³/mol. The van der Waals surface area contributed by atoms with Gasteiger partial charge in [-0.05, 0) is 17.0 Å². The first kappa shape index (κ1) is 12.3. The van der Waals surface area contributed by atoms with Crippen molar-refractivity contribution in [3.05, 3.63) is 77.9 Å². The summed E-state index contributed by atoms with van der Waals surface area (Å²) in [4.78, 5) is 0. The molecule has 96 valence electrons. The molecule has 1 heteroatoms. The van der Waals surface area contributed by atoms with Crippen LogP contribution in [-0.2, 0) is 6.61 Å². The van der Waals surface area contributed by atoms with Gasteiger partial charge in [0.15, 0.2) is 0 Å². The van der Waals surface area contributed by atoms with E-state index in [1.165, 1.54) is 0 Å². The maximum atomic E-state index is 5.88. The second kappa shape index (κ2) is 5.50. The van der Waals surface area contributed by atoms with Crippen LogP contribution in [0.3, 0.4) is 0 Å². The first-order valence-electron chi connectivity index (χ1n) is 6.53. The SMILES string of the molecule is C#Cc1c(OCc2ccccc2)ccc2ccccc12. The predicted octanol–water partition coefficient (Wildman–Crippen LogP) is 4.40. The fourth-order valence-corrected chi connectivity index (χ4v) is 2.26.